The molecular formula is C20H27N3O4. The number of likely N-dealkylation sites (tertiary alicyclic amines) is 2. The van der Waals surface area contributed by atoms with Gasteiger partial charge in [0.05, 0.1) is 0 Å². The van der Waals surface area contributed by atoms with Gasteiger partial charge in [0.1, 0.15) is 6.04 Å². The first kappa shape index (κ1) is 19.2. The van der Waals surface area contributed by atoms with Crippen molar-refractivity contribution in [1.29, 1.82) is 0 Å². The van der Waals surface area contributed by atoms with Gasteiger partial charge in [0.15, 0.2) is 0 Å². The Bertz CT molecular complexity index is 729. The van der Waals surface area contributed by atoms with Crippen molar-refractivity contribution in [3.05, 3.63) is 29.8 Å². The monoisotopic (exact) mass is 373 g/mol. The maximum Gasteiger partial charge on any atom is 0.326 e. The molecule has 27 heavy (non-hydrogen) atoms. The van der Waals surface area contributed by atoms with Crippen LogP contribution in [-0.4, -0.2) is 72.5 Å². The van der Waals surface area contributed by atoms with Crippen LogP contribution >= 0.6 is 0 Å². The molecule has 7 nitrogen and oxygen atoms in total. The van der Waals surface area contributed by atoms with Crippen molar-refractivity contribution < 1.29 is 19.5 Å². The van der Waals surface area contributed by atoms with E-state index in [0.29, 0.717) is 31.6 Å². The summed E-state index contributed by atoms with van der Waals surface area (Å²) in [5.41, 5.74) is 1.45. The highest BCUT2D eigenvalue weighted by Gasteiger charge is 2.49. The minimum absolute atomic E-state index is 0.00440. The number of carboxylic acid groups (broad SMARTS) is 1. The Labute approximate surface area is 159 Å². The second-order valence-corrected chi connectivity index (χ2v) is 7.94. The first-order valence-electron chi connectivity index (χ1n) is 9.29. The van der Waals surface area contributed by atoms with Crippen LogP contribution in [0.3, 0.4) is 0 Å². The maximum atomic E-state index is 12.9. The molecule has 0 bridgehead atoms. The van der Waals surface area contributed by atoms with Crippen molar-refractivity contribution >= 4 is 23.5 Å². The van der Waals surface area contributed by atoms with Crippen molar-refractivity contribution in [2.45, 2.75) is 32.2 Å². The fraction of sp³-hybridized carbons (Fsp3) is 0.550. The Hall–Kier alpha value is -2.57. The molecule has 2 fully saturated rings. The number of anilines is 1. The SMILES string of the molecule is CC(=O)N1CC2(CCN(C(=O)c3cccc(N(C)C)c3)CC2)C[C@H]1C(=O)O. The summed E-state index contributed by atoms with van der Waals surface area (Å²) in [6.07, 6.45) is 1.92. The van der Waals surface area contributed by atoms with Crippen LogP contribution in [0.4, 0.5) is 5.69 Å². The molecule has 146 valence electrons. The number of hydrogen-bond donors (Lipinski definition) is 1. The van der Waals surface area contributed by atoms with Crippen molar-refractivity contribution in [1.82, 2.24) is 9.80 Å². The number of benzene rings is 1. The molecule has 0 aromatic heterocycles. The largest absolute Gasteiger partial charge is 0.480 e. The molecule has 1 N–H and O–H groups in total. The third kappa shape index (κ3) is 3.77. The molecular weight excluding hydrogens is 346 g/mol. The van der Waals surface area contributed by atoms with Crippen LogP contribution in [0.2, 0.25) is 0 Å². The van der Waals surface area contributed by atoms with Gasteiger partial charge in [-0.15, -0.1) is 0 Å². The summed E-state index contributed by atoms with van der Waals surface area (Å²) in [5.74, 6) is -1.14. The predicted molar refractivity (Wildman–Crippen MR) is 102 cm³/mol. The summed E-state index contributed by atoms with van der Waals surface area (Å²) in [5, 5.41) is 9.44. The molecule has 2 aliphatic rings. The molecule has 3 rings (SSSR count). The molecule has 7 heteroatoms. The van der Waals surface area contributed by atoms with E-state index in [0.717, 1.165) is 18.5 Å². The van der Waals surface area contributed by atoms with Gasteiger partial charge in [0.25, 0.3) is 5.91 Å². The van der Waals surface area contributed by atoms with Crippen LogP contribution < -0.4 is 4.90 Å². The van der Waals surface area contributed by atoms with Gasteiger partial charge in [-0.05, 0) is 42.9 Å². The third-order valence-corrected chi connectivity index (χ3v) is 5.92. The number of aliphatic carboxylic acids is 1. The number of nitrogens with zero attached hydrogens (tertiary/aromatic N) is 3. The van der Waals surface area contributed by atoms with Crippen molar-refractivity contribution in [2.75, 3.05) is 38.6 Å². The van der Waals surface area contributed by atoms with E-state index in [1.165, 1.54) is 11.8 Å². The highest BCUT2D eigenvalue weighted by atomic mass is 16.4. The summed E-state index contributed by atoms with van der Waals surface area (Å²) in [6.45, 7) is 3.06. The summed E-state index contributed by atoms with van der Waals surface area (Å²) >= 11 is 0. The van der Waals surface area contributed by atoms with Gasteiger partial charge in [-0.25, -0.2) is 4.79 Å². The van der Waals surface area contributed by atoms with Crippen LogP contribution in [0.1, 0.15) is 36.5 Å². The van der Waals surface area contributed by atoms with Crippen LogP contribution in [0.25, 0.3) is 0 Å². The number of hydrogen-bond acceptors (Lipinski definition) is 4. The lowest BCUT2D eigenvalue weighted by atomic mass is 9.76. The molecule has 2 saturated heterocycles. The lowest BCUT2D eigenvalue weighted by Crippen LogP contribution is -2.44. The molecule has 1 atom stereocenters. The van der Waals surface area contributed by atoms with Gasteiger partial charge in [-0.2, -0.15) is 0 Å². The lowest BCUT2D eigenvalue weighted by Gasteiger charge is -2.39. The topological polar surface area (TPSA) is 81.2 Å². The number of amides is 2. The quantitative estimate of drug-likeness (QED) is 0.872. The standard InChI is InChI=1S/C20H27N3O4/c1-14(24)23-13-20(12-17(23)19(26)27)7-9-22(10-8-20)18(25)15-5-4-6-16(11-15)21(2)3/h4-6,11,17H,7-10,12-13H2,1-3H3,(H,26,27)/t17-/m0/s1. The number of carbonyl (C=O) groups is 3. The van der Waals surface area contributed by atoms with Crippen molar-refractivity contribution in [3.8, 4) is 0 Å². The fourth-order valence-corrected chi connectivity index (χ4v) is 4.25. The summed E-state index contributed by atoms with van der Waals surface area (Å²) in [7, 11) is 3.88. The zero-order chi connectivity index (χ0) is 19.8. The summed E-state index contributed by atoms with van der Waals surface area (Å²) < 4.78 is 0. The van der Waals surface area contributed by atoms with E-state index in [1.807, 2.05) is 48.2 Å². The molecule has 0 saturated carbocycles. The Morgan fingerprint density at radius 3 is 2.37 bits per heavy atom. The normalized spacial score (nSPS) is 21.4. The maximum absolute atomic E-state index is 12.9. The molecule has 0 radical (unpaired) electrons. The fourth-order valence-electron chi connectivity index (χ4n) is 4.25. The second-order valence-electron chi connectivity index (χ2n) is 7.94. The third-order valence-electron chi connectivity index (χ3n) is 5.92. The number of piperidine rings is 1. The van der Waals surface area contributed by atoms with Gasteiger partial charge in [-0.1, -0.05) is 6.07 Å². The van der Waals surface area contributed by atoms with Crippen molar-refractivity contribution in [3.63, 3.8) is 0 Å². The second kappa shape index (κ2) is 7.21. The van der Waals surface area contributed by atoms with E-state index in [-0.39, 0.29) is 17.2 Å². The van der Waals surface area contributed by atoms with Gasteiger partial charge in [0.2, 0.25) is 5.91 Å². The van der Waals surface area contributed by atoms with Gasteiger partial charge < -0.3 is 19.8 Å². The highest BCUT2D eigenvalue weighted by molar-refractivity contribution is 5.95. The molecule has 2 amide bonds. The van der Waals surface area contributed by atoms with Gasteiger partial charge >= 0.3 is 5.97 Å². The predicted octanol–water partition coefficient (Wildman–Crippen LogP) is 1.68. The van der Waals surface area contributed by atoms with E-state index in [9.17, 15) is 19.5 Å². The van der Waals surface area contributed by atoms with Crippen LogP contribution in [-0.2, 0) is 9.59 Å². The van der Waals surface area contributed by atoms with E-state index in [2.05, 4.69) is 0 Å². The van der Waals surface area contributed by atoms with Crippen molar-refractivity contribution in [2.24, 2.45) is 5.41 Å². The first-order valence-corrected chi connectivity index (χ1v) is 9.29. The van der Waals surface area contributed by atoms with E-state index >= 15 is 0 Å². The highest BCUT2D eigenvalue weighted by Crippen LogP contribution is 2.43. The molecule has 0 unspecified atom stereocenters. The van der Waals surface area contributed by atoms with Crippen LogP contribution in [0, 0.1) is 5.41 Å². The van der Waals surface area contributed by atoms with E-state index in [1.54, 1.807) is 0 Å². The molecule has 1 aromatic rings. The Morgan fingerprint density at radius 1 is 1.19 bits per heavy atom. The van der Waals surface area contributed by atoms with Crippen LogP contribution in [0.15, 0.2) is 24.3 Å². The Balaban J connectivity index is 1.68. The average molecular weight is 373 g/mol. The number of rotatable bonds is 3. The first-order chi connectivity index (χ1) is 12.7. The summed E-state index contributed by atoms with van der Waals surface area (Å²) in [6, 6.07) is 6.81. The van der Waals surface area contributed by atoms with Crippen LogP contribution in [0.5, 0.6) is 0 Å². The molecule has 1 spiro atoms. The Morgan fingerprint density at radius 2 is 1.85 bits per heavy atom. The van der Waals surface area contributed by atoms with Gasteiger partial charge in [-0.3, -0.25) is 9.59 Å². The van der Waals surface area contributed by atoms with E-state index in [4.69, 9.17) is 0 Å². The molecule has 2 aliphatic heterocycles. The molecule has 1 aromatic carbocycles. The minimum atomic E-state index is -0.943. The molecule has 2 heterocycles. The lowest BCUT2D eigenvalue weighted by molar-refractivity contribution is -0.147. The van der Waals surface area contributed by atoms with E-state index < -0.39 is 12.0 Å². The average Bonchev–Trinajstić information content (AvgIpc) is 3.02. The zero-order valence-electron chi connectivity index (χ0n) is 16.1. The Kier molecular flexibility index (Phi) is 5.13. The minimum Gasteiger partial charge on any atom is -0.480 e. The summed E-state index contributed by atoms with van der Waals surface area (Å²) in [4.78, 5) is 41.5. The smallest absolute Gasteiger partial charge is 0.326 e. The zero-order valence-corrected chi connectivity index (χ0v) is 16.1. The molecule has 0 aliphatic carbocycles. The van der Waals surface area contributed by atoms with Gasteiger partial charge in [0, 0.05) is 51.9 Å². The number of carboxylic acids is 1. The number of carbonyl (C=O) groups excluding carboxylic acids is 2.